The third-order valence-corrected chi connectivity index (χ3v) is 3.77. The summed E-state index contributed by atoms with van der Waals surface area (Å²) in [7, 11) is 0. The minimum Gasteiger partial charge on any atom is -0.450 e. The van der Waals surface area contributed by atoms with Crippen molar-refractivity contribution >= 4 is 17.8 Å². The van der Waals surface area contributed by atoms with Crippen molar-refractivity contribution in [2.45, 2.75) is 0 Å². The van der Waals surface area contributed by atoms with Gasteiger partial charge in [0.05, 0.1) is 4.92 Å². The highest BCUT2D eigenvalue weighted by molar-refractivity contribution is 6.09. The van der Waals surface area contributed by atoms with Gasteiger partial charge in [0.1, 0.15) is 17.9 Å². The van der Waals surface area contributed by atoms with Crippen LogP contribution in [0.2, 0.25) is 0 Å². The van der Waals surface area contributed by atoms with E-state index in [9.17, 15) is 24.1 Å². The van der Waals surface area contributed by atoms with E-state index >= 15 is 0 Å². The summed E-state index contributed by atoms with van der Waals surface area (Å²) >= 11 is 0. The van der Waals surface area contributed by atoms with Gasteiger partial charge in [-0.3, -0.25) is 19.7 Å². The van der Waals surface area contributed by atoms with Gasteiger partial charge in [-0.05, 0) is 60.7 Å². The first-order valence-corrected chi connectivity index (χ1v) is 7.80. The molecule has 0 bridgehead atoms. The Hall–Kier alpha value is -3.87. The zero-order chi connectivity index (χ0) is 19.4. The molecule has 0 atom stereocenters. The lowest BCUT2D eigenvalue weighted by molar-refractivity contribution is -0.385. The number of hydrogen-bond acceptors (Lipinski definition) is 5. The van der Waals surface area contributed by atoms with E-state index in [1.807, 2.05) is 0 Å². The number of benzene rings is 3. The van der Waals surface area contributed by atoms with Gasteiger partial charge in [-0.25, -0.2) is 4.39 Å². The molecule has 3 aromatic carbocycles. The second-order valence-electron chi connectivity index (χ2n) is 5.56. The first kappa shape index (κ1) is 17.9. The van der Waals surface area contributed by atoms with Crippen molar-refractivity contribution in [3.8, 4) is 11.5 Å². The Kier molecular flexibility index (Phi) is 5.03. The van der Waals surface area contributed by atoms with Crippen LogP contribution in [0.15, 0.2) is 66.7 Å². The van der Waals surface area contributed by atoms with Crippen LogP contribution in [-0.2, 0) is 0 Å². The van der Waals surface area contributed by atoms with Gasteiger partial charge < -0.3 is 4.74 Å². The molecular formula is C20H12FNO5. The van der Waals surface area contributed by atoms with Crippen LogP contribution in [0, 0.1) is 15.9 Å². The van der Waals surface area contributed by atoms with Gasteiger partial charge in [0.15, 0.2) is 5.78 Å². The molecule has 27 heavy (non-hydrogen) atoms. The number of halogens is 1. The van der Waals surface area contributed by atoms with Crippen LogP contribution in [0.1, 0.15) is 26.3 Å². The van der Waals surface area contributed by atoms with Crippen LogP contribution in [0.3, 0.4) is 0 Å². The molecule has 0 radical (unpaired) electrons. The molecule has 0 aliphatic carbocycles. The van der Waals surface area contributed by atoms with Gasteiger partial charge in [0, 0.05) is 22.8 Å². The standard InChI is InChI=1S/C20H12FNO5/c21-16-6-2-14(3-7-16)20(24)15-4-8-17(9-5-15)27-19-10-1-13(12-23)11-18(19)22(25)26/h1-12H. The number of ketones is 1. The summed E-state index contributed by atoms with van der Waals surface area (Å²) in [6.45, 7) is 0. The van der Waals surface area contributed by atoms with Crippen LogP contribution in [0.4, 0.5) is 10.1 Å². The van der Waals surface area contributed by atoms with Gasteiger partial charge in [0.2, 0.25) is 5.75 Å². The normalized spacial score (nSPS) is 10.3. The van der Waals surface area contributed by atoms with Gasteiger partial charge in [-0.2, -0.15) is 0 Å². The number of carbonyl (C=O) groups is 2. The van der Waals surface area contributed by atoms with Crippen LogP contribution in [0.25, 0.3) is 0 Å². The summed E-state index contributed by atoms with van der Waals surface area (Å²) in [6.07, 6.45) is 0.507. The summed E-state index contributed by atoms with van der Waals surface area (Å²) in [5, 5.41) is 11.1. The number of nitro benzene ring substituents is 1. The lowest BCUT2D eigenvalue weighted by atomic mass is 10.0. The Labute approximate surface area is 153 Å². The maximum Gasteiger partial charge on any atom is 0.312 e. The summed E-state index contributed by atoms with van der Waals surface area (Å²) in [5.41, 5.74) is 0.519. The molecule has 0 aromatic heterocycles. The Balaban J connectivity index is 1.82. The summed E-state index contributed by atoms with van der Waals surface area (Å²) in [5.74, 6) is -0.462. The third-order valence-electron chi connectivity index (χ3n) is 3.77. The van der Waals surface area contributed by atoms with Crippen molar-refractivity contribution in [3.05, 3.63) is 99.4 Å². The molecular weight excluding hydrogens is 353 g/mol. The molecule has 0 aliphatic rings. The van der Waals surface area contributed by atoms with E-state index in [0.717, 1.165) is 6.07 Å². The number of carbonyl (C=O) groups excluding carboxylic acids is 2. The highest BCUT2D eigenvalue weighted by Gasteiger charge is 2.17. The monoisotopic (exact) mass is 365 g/mol. The zero-order valence-corrected chi connectivity index (χ0v) is 13.8. The van der Waals surface area contributed by atoms with Crippen LogP contribution >= 0.6 is 0 Å². The van der Waals surface area contributed by atoms with E-state index in [2.05, 4.69) is 0 Å². The summed E-state index contributed by atoms with van der Waals surface area (Å²) < 4.78 is 18.5. The minimum atomic E-state index is -0.644. The maximum atomic E-state index is 13.0. The lowest BCUT2D eigenvalue weighted by Crippen LogP contribution is -2.01. The molecule has 0 spiro atoms. The van der Waals surface area contributed by atoms with Crippen molar-refractivity contribution in [1.82, 2.24) is 0 Å². The van der Waals surface area contributed by atoms with E-state index in [0.29, 0.717) is 17.4 Å². The number of nitro groups is 1. The van der Waals surface area contributed by atoms with Crippen LogP contribution < -0.4 is 4.74 Å². The Morgan fingerprint density at radius 2 is 1.56 bits per heavy atom. The van der Waals surface area contributed by atoms with Crippen LogP contribution in [-0.4, -0.2) is 17.0 Å². The van der Waals surface area contributed by atoms with Crippen molar-refractivity contribution in [3.63, 3.8) is 0 Å². The molecule has 7 heteroatoms. The summed E-state index contributed by atoms with van der Waals surface area (Å²) in [4.78, 5) is 33.6. The first-order valence-electron chi connectivity index (χ1n) is 7.80. The quantitative estimate of drug-likeness (QED) is 0.276. The van der Waals surface area contributed by atoms with Crippen LogP contribution in [0.5, 0.6) is 11.5 Å². The lowest BCUT2D eigenvalue weighted by Gasteiger charge is -2.08. The molecule has 0 amide bonds. The topological polar surface area (TPSA) is 86.5 Å². The molecule has 0 unspecified atom stereocenters. The molecule has 0 fully saturated rings. The second kappa shape index (κ2) is 7.57. The SMILES string of the molecule is O=Cc1ccc(Oc2ccc(C(=O)c3ccc(F)cc3)cc2)c([N+](=O)[O-])c1. The van der Waals surface area contributed by atoms with Gasteiger partial charge in [-0.15, -0.1) is 0 Å². The second-order valence-corrected chi connectivity index (χ2v) is 5.56. The Morgan fingerprint density at radius 3 is 2.11 bits per heavy atom. The van der Waals surface area contributed by atoms with Gasteiger partial charge >= 0.3 is 5.69 Å². The first-order chi connectivity index (χ1) is 13.0. The largest absolute Gasteiger partial charge is 0.450 e. The van der Waals surface area contributed by atoms with Crippen molar-refractivity contribution < 1.29 is 23.6 Å². The van der Waals surface area contributed by atoms with E-state index < -0.39 is 10.7 Å². The minimum absolute atomic E-state index is 0.0248. The highest BCUT2D eigenvalue weighted by Crippen LogP contribution is 2.32. The highest BCUT2D eigenvalue weighted by atomic mass is 19.1. The molecule has 0 aliphatic heterocycles. The smallest absolute Gasteiger partial charge is 0.312 e. The molecule has 0 heterocycles. The number of nitrogens with zero attached hydrogens (tertiary/aromatic N) is 1. The molecule has 0 saturated heterocycles. The average molecular weight is 365 g/mol. The Bertz CT molecular complexity index is 1010. The predicted octanol–water partition coefficient (Wildman–Crippen LogP) is 4.57. The number of aldehydes is 1. The van der Waals surface area contributed by atoms with Gasteiger partial charge in [0.25, 0.3) is 0 Å². The number of hydrogen-bond donors (Lipinski definition) is 0. The fraction of sp³-hybridized carbons (Fsp3) is 0. The third kappa shape index (κ3) is 4.04. The molecule has 3 rings (SSSR count). The van der Waals surface area contributed by atoms with Crippen molar-refractivity contribution in [2.75, 3.05) is 0 Å². The fourth-order valence-electron chi connectivity index (χ4n) is 2.41. The molecule has 0 N–H and O–H groups in total. The number of rotatable bonds is 6. The molecule has 134 valence electrons. The van der Waals surface area contributed by atoms with Crippen molar-refractivity contribution in [2.24, 2.45) is 0 Å². The van der Waals surface area contributed by atoms with E-state index in [1.54, 1.807) is 0 Å². The predicted molar refractivity (Wildman–Crippen MR) is 94.8 cm³/mol. The van der Waals surface area contributed by atoms with Crippen molar-refractivity contribution in [1.29, 1.82) is 0 Å². The maximum absolute atomic E-state index is 13.0. The molecule has 0 saturated carbocycles. The zero-order valence-electron chi connectivity index (χ0n) is 13.8. The Morgan fingerprint density at radius 1 is 0.963 bits per heavy atom. The summed E-state index contributed by atoms with van der Waals surface area (Å²) in [6, 6.07) is 15.0. The fourth-order valence-corrected chi connectivity index (χ4v) is 2.41. The molecule has 3 aromatic rings. The van der Waals surface area contributed by atoms with E-state index in [4.69, 9.17) is 4.74 Å². The van der Waals surface area contributed by atoms with E-state index in [-0.39, 0.29) is 28.5 Å². The van der Waals surface area contributed by atoms with E-state index in [1.165, 1.54) is 60.7 Å². The number of ether oxygens (including phenoxy) is 1. The van der Waals surface area contributed by atoms with Gasteiger partial charge in [-0.1, -0.05) is 0 Å². The average Bonchev–Trinajstić information content (AvgIpc) is 2.69. The molecule has 6 nitrogen and oxygen atoms in total.